The Balaban J connectivity index is 4.45. The number of phosphoric ester groups is 1. The summed E-state index contributed by atoms with van der Waals surface area (Å²) in [6.07, 6.45) is 29.5. The lowest BCUT2D eigenvalue weighted by Gasteiger charge is -2.30. The third-order valence-corrected chi connectivity index (χ3v) is 9.81. The van der Waals surface area contributed by atoms with Gasteiger partial charge in [-0.15, -0.1) is 0 Å². The Bertz CT molecular complexity index is 733. The summed E-state index contributed by atoms with van der Waals surface area (Å²) in [5.74, 6) is -0.166. The van der Waals surface area contributed by atoms with Gasteiger partial charge in [0, 0.05) is 6.42 Å². The van der Waals surface area contributed by atoms with E-state index in [0.29, 0.717) is 23.9 Å². The molecule has 0 aliphatic heterocycles. The molecule has 0 saturated heterocycles. The molecule has 1 unspecified atom stereocenters. The third kappa shape index (κ3) is 32.1. The van der Waals surface area contributed by atoms with Crippen molar-refractivity contribution in [2.45, 2.75) is 193 Å². The minimum absolute atomic E-state index is 0.0155. The lowest BCUT2D eigenvalue weighted by atomic mass is 10.0. The molecule has 0 heterocycles. The van der Waals surface area contributed by atoms with Gasteiger partial charge in [0.05, 0.1) is 39.9 Å². The van der Waals surface area contributed by atoms with Gasteiger partial charge in [0.25, 0.3) is 7.82 Å². The number of carbonyl (C=O) groups is 1. The summed E-state index contributed by atoms with van der Waals surface area (Å²) < 4.78 is 23.1. The maximum atomic E-state index is 12.8. The number of hydrogen-bond acceptors (Lipinski definition) is 6. The fourth-order valence-corrected chi connectivity index (χ4v) is 6.41. The van der Waals surface area contributed by atoms with Crippen LogP contribution in [0.15, 0.2) is 0 Å². The molecule has 0 bridgehead atoms. The van der Waals surface area contributed by atoms with Crippen molar-refractivity contribution in [1.29, 1.82) is 0 Å². The zero-order valence-electron chi connectivity index (χ0n) is 31.0. The summed E-state index contributed by atoms with van der Waals surface area (Å²) in [7, 11) is 1.31. The van der Waals surface area contributed by atoms with E-state index in [1.54, 1.807) is 0 Å². The van der Waals surface area contributed by atoms with Crippen LogP contribution in [0.4, 0.5) is 0 Å². The van der Waals surface area contributed by atoms with Crippen LogP contribution in [-0.4, -0.2) is 68.5 Å². The Labute approximate surface area is 285 Å². The van der Waals surface area contributed by atoms with Gasteiger partial charge in [-0.1, -0.05) is 162 Å². The quantitative estimate of drug-likeness (QED) is 0.0394. The molecule has 0 aromatic rings. The van der Waals surface area contributed by atoms with Crippen LogP contribution in [0.1, 0.15) is 181 Å². The predicted molar refractivity (Wildman–Crippen MR) is 192 cm³/mol. The largest absolute Gasteiger partial charge is 0.756 e. The Kier molecular flexibility index (Phi) is 30.2. The number of likely N-dealkylation sites (N-methyl/N-ethyl adjacent to an activating group) is 1. The number of rotatable bonds is 35. The summed E-state index contributed by atoms with van der Waals surface area (Å²) in [4.78, 5) is 25.1. The van der Waals surface area contributed by atoms with E-state index >= 15 is 0 Å². The van der Waals surface area contributed by atoms with Gasteiger partial charge in [-0.2, -0.15) is 0 Å². The molecule has 0 aliphatic rings. The number of aliphatic hydroxyl groups is 1. The van der Waals surface area contributed by atoms with Crippen molar-refractivity contribution in [1.82, 2.24) is 5.32 Å². The average molecular weight is 677 g/mol. The minimum Gasteiger partial charge on any atom is -0.756 e. The number of unbranched alkanes of at least 4 members (excludes halogenated alkanes) is 22. The molecular formula is C37H77N2O6P. The van der Waals surface area contributed by atoms with Crippen LogP contribution in [0.5, 0.6) is 0 Å². The lowest BCUT2D eigenvalue weighted by molar-refractivity contribution is -0.870. The van der Waals surface area contributed by atoms with Gasteiger partial charge in [-0.3, -0.25) is 9.36 Å². The van der Waals surface area contributed by atoms with Gasteiger partial charge in [0.15, 0.2) is 0 Å². The molecule has 0 spiro atoms. The van der Waals surface area contributed by atoms with Crippen molar-refractivity contribution >= 4 is 13.7 Å². The van der Waals surface area contributed by atoms with Crippen molar-refractivity contribution in [3.8, 4) is 0 Å². The van der Waals surface area contributed by atoms with Crippen molar-refractivity contribution in [2.75, 3.05) is 40.9 Å². The Morgan fingerprint density at radius 3 is 1.48 bits per heavy atom. The SMILES string of the molecule is CCCCCCCCCCCCCCC[C@@H](O)[C@H](COP(=O)([O-])OCC[N+](C)(C)C)NC(=O)CCCCCCCCCCCCC. The van der Waals surface area contributed by atoms with Crippen molar-refractivity contribution < 1.29 is 32.9 Å². The molecule has 0 aromatic carbocycles. The van der Waals surface area contributed by atoms with Gasteiger partial charge in [0.2, 0.25) is 5.91 Å². The number of aliphatic hydroxyl groups excluding tert-OH is 1. The zero-order chi connectivity index (χ0) is 34.4. The highest BCUT2D eigenvalue weighted by atomic mass is 31.2. The van der Waals surface area contributed by atoms with E-state index in [-0.39, 0.29) is 19.1 Å². The summed E-state index contributed by atoms with van der Waals surface area (Å²) in [5.41, 5.74) is 0. The molecule has 1 amide bonds. The maximum absolute atomic E-state index is 12.8. The number of amides is 1. The van der Waals surface area contributed by atoms with Gasteiger partial charge in [-0.05, 0) is 12.8 Å². The fraction of sp³-hybridized carbons (Fsp3) is 0.973. The van der Waals surface area contributed by atoms with Gasteiger partial charge in [0.1, 0.15) is 13.2 Å². The van der Waals surface area contributed by atoms with Crippen molar-refractivity contribution in [3.05, 3.63) is 0 Å². The van der Waals surface area contributed by atoms with Crippen molar-refractivity contribution in [2.24, 2.45) is 0 Å². The van der Waals surface area contributed by atoms with Crippen LogP contribution in [0.3, 0.4) is 0 Å². The summed E-state index contributed by atoms with van der Waals surface area (Å²) in [6.45, 7) is 4.70. The second kappa shape index (κ2) is 30.6. The van der Waals surface area contributed by atoms with E-state index in [4.69, 9.17) is 9.05 Å². The first kappa shape index (κ1) is 45.5. The summed E-state index contributed by atoms with van der Waals surface area (Å²) in [6, 6.07) is -0.790. The summed E-state index contributed by atoms with van der Waals surface area (Å²) >= 11 is 0. The molecule has 0 rings (SSSR count). The molecule has 0 radical (unpaired) electrons. The first-order valence-electron chi connectivity index (χ1n) is 19.4. The highest BCUT2D eigenvalue weighted by molar-refractivity contribution is 7.45. The molecule has 0 aliphatic carbocycles. The topological polar surface area (TPSA) is 108 Å². The molecule has 2 N–H and O–H groups in total. The van der Waals surface area contributed by atoms with Gasteiger partial charge in [-0.25, -0.2) is 0 Å². The third-order valence-electron chi connectivity index (χ3n) is 8.85. The van der Waals surface area contributed by atoms with E-state index in [0.717, 1.165) is 38.5 Å². The van der Waals surface area contributed by atoms with E-state index < -0.39 is 20.0 Å². The maximum Gasteiger partial charge on any atom is 0.268 e. The van der Waals surface area contributed by atoms with E-state index in [9.17, 15) is 19.4 Å². The second-order valence-corrected chi connectivity index (χ2v) is 16.1. The molecule has 9 heteroatoms. The van der Waals surface area contributed by atoms with Crippen LogP contribution in [0.2, 0.25) is 0 Å². The predicted octanol–water partition coefficient (Wildman–Crippen LogP) is 9.22. The van der Waals surface area contributed by atoms with Crippen molar-refractivity contribution in [3.63, 3.8) is 0 Å². The molecule has 0 fully saturated rings. The van der Waals surface area contributed by atoms with Gasteiger partial charge >= 0.3 is 0 Å². The number of carbonyl (C=O) groups excluding carboxylic acids is 1. The normalized spacial score (nSPS) is 14.7. The molecule has 0 saturated carbocycles. The molecule has 0 aromatic heterocycles. The number of nitrogens with zero attached hydrogens (tertiary/aromatic N) is 1. The Morgan fingerprint density at radius 2 is 1.07 bits per heavy atom. The smallest absolute Gasteiger partial charge is 0.268 e. The molecular weight excluding hydrogens is 599 g/mol. The first-order chi connectivity index (χ1) is 22.0. The Morgan fingerprint density at radius 1 is 0.674 bits per heavy atom. The first-order valence-corrected chi connectivity index (χ1v) is 20.8. The second-order valence-electron chi connectivity index (χ2n) is 14.6. The van der Waals surface area contributed by atoms with Crippen LogP contribution >= 0.6 is 7.82 Å². The van der Waals surface area contributed by atoms with Crippen LogP contribution in [-0.2, 0) is 18.4 Å². The summed E-state index contributed by atoms with van der Waals surface area (Å²) in [5, 5.41) is 13.8. The molecule has 46 heavy (non-hydrogen) atoms. The molecule has 276 valence electrons. The van der Waals surface area contributed by atoms with Crippen LogP contribution < -0.4 is 10.2 Å². The van der Waals surface area contributed by atoms with E-state index in [2.05, 4.69) is 19.2 Å². The number of hydrogen-bond donors (Lipinski definition) is 2. The van der Waals surface area contributed by atoms with Crippen LogP contribution in [0, 0.1) is 0 Å². The number of phosphoric acid groups is 1. The van der Waals surface area contributed by atoms with E-state index in [1.807, 2.05) is 21.1 Å². The van der Waals surface area contributed by atoms with Crippen LogP contribution in [0.25, 0.3) is 0 Å². The minimum atomic E-state index is -4.55. The number of nitrogens with one attached hydrogen (secondary N) is 1. The van der Waals surface area contributed by atoms with E-state index in [1.165, 1.54) is 116 Å². The Hall–Kier alpha value is -0.500. The zero-order valence-corrected chi connectivity index (χ0v) is 31.9. The number of quaternary nitrogens is 1. The average Bonchev–Trinajstić information content (AvgIpc) is 2.99. The standard InChI is InChI=1S/C37H77N2O6P/c1-6-8-10-12-14-16-18-19-21-22-24-26-28-30-36(40)35(34-45-46(42,43)44-33-32-39(3,4)5)38-37(41)31-29-27-25-23-20-17-15-13-11-9-7-2/h35-36,40H,6-34H2,1-5H3,(H-,38,41,42,43)/t35-,36+/m0/s1. The molecule has 8 nitrogen and oxygen atoms in total. The highest BCUT2D eigenvalue weighted by Crippen LogP contribution is 2.38. The molecule has 3 atom stereocenters. The van der Waals surface area contributed by atoms with Gasteiger partial charge < -0.3 is 28.8 Å². The monoisotopic (exact) mass is 677 g/mol. The fourth-order valence-electron chi connectivity index (χ4n) is 5.69. The highest BCUT2D eigenvalue weighted by Gasteiger charge is 2.24. The lowest BCUT2D eigenvalue weighted by Crippen LogP contribution is -2.46.